The topological polar surface area (TPSA) is 115 Å². The lowest BCUT2D eigenvalue weighted by Crippen LogP contribution is -2.27. The van der Waals surface area contributed by atoms with Crippen LogP contribution in [-0.2, 0) is 10.0 Å². The highest BCUT2D eigenvalue weighted by Crippen LogP contribution is 2.29. The summed E-state index contributed by atoms with van der Waals surface area (Å²) < 4.78 is 33.4. The van der Waals surface area contributed by atoms with Gasteiger partial charge in [0.25, 0.3) is 10.0 Å². The molecule has 1 aliphatic heterocycles. The van der Waals surface area contributed by atoms with Crippen molar-refractivity contribution in [2.24, 2.45) is 9.50 Å². The molecule has 0 bridgehead atoms. The first-order valence-corrected chi connectivity index (χ1v) is 9.40. The van der Waals surface area contributed by atoms with E-state index in [2.05, 4.69) is 9.50 Å². The molecule has 0 amide bonds. The maximum atomic E-state index is 12.3. The first kappa shape index (κ1) is 18.4. The molecule has 0 aromatic heterocycles. The van der Waals surface area contributed by atoms with Crippen LogP contribution in [0.2, 0.25) is 0 Å². The molecule has 1 heterocycles. The third-order valence-electron chi connectivity index (χ3n) is 3.88. The zero-order chi connectivity index (χ0) is 19.4. The Kier molecular flexibility index (Phi) is 5.09. The molecule has 1 N–H and O–H groups in total. The predicted molar refractivity (Wildman–Crippen MR) is 99.4 cm³/mol. The molecule has 27 heavy (non-hydrogen) atoms. The minimum Gasteiger partial charge on any atom is -0.504 e. The van der Waals surface area contributed by atoms with Crippen LogP contribution in [0.15, 0.2) is 56.9 Å². The van der Waals surface area contributed by atoms with Gasteiger partial charge < -0.3 is 9.84 Å². The molecular weight excluding hydrogens is 368 g/mol. The summed E-state index contributed by atoms with van der Waals surface area (Å²) in [5.74, 6) is 0.332. The number of phenolic OH excluding ortho intramolecular Hbond substituents is 1. The average Bonchev–Trinajstić information content (AvgIpc) is 2.94. The first-order valence-electron chi connectivity index (χ1n) is 7.96. The summed E-state index contributed by atoms with van der Waals surface area (Å²) in [6.45, 7) is 0.139. The van der Waals surface area contributed by atoms with E-state index in [1.807, 2.05) is 6.07 Å². The summed E-state index contributed by atoms with van der Waals surface area (Å²) in [5, 5.41) is 24.7. The number of aromatic hydroxyl groups is 1. The molecule has 9 heteroatoms. The van der Waals surface area contributed by atoms with Gasteiger partial charge in [0.1, 0.15) is 4.90 Å². The van der Waals surface area contributed by atoms with E-state index in [1.165, 1.54) is 24.4 Å². The van der Waals surface area contributed by atoms with Gasteiger partial charge in [0.05, 0.1) is 32.4 Å². The SMILES string of the molecule is COc1cccc(/C=N/N(CCC#N)C2=NS(=O)(=O)c3ccccc32)c1O. The monoisotopic (exact) mass is 384 g/mol. The molecule has 2 aromatic rings. The van der Waals surface area contributed by atoms with Crippen molar-refractivity contribution in [2.45, 2.75) is 11.3 Å². The summed E-state index contributed by atoms with van der Waals surface area (Å²) in [5.41, 5.74) is 0.800. The molecule has 3 rings (SSSR count). The summed E-state index contributed by atoms with van der Waals surface area (Å²) in [6.07, 6.45) is 1.48. The Morgan fingerprint density at radius 3 is 2.81 bits per heavy atom. The van der Waals surface area contributed by atoms with Crippen LogP contribution in [0.1, 0.15) is 17.5 Å². The van der Waals surface area contributed by atoms with Crippen LogP contribution < -0.4 is 4.74 Å². The van der Waals surface area contributed by atoms with Gasteiger partial charge >= 0.3 is 0 Å². The number of para-hydroxylation sites is 1. The fourth-order valence-corrected chi connectivity index (χ4v) is 3.80. The van der Waals surface area contributed by atoms with Crippen molar-refractivity contribution < 1.29 is 18.3 Å². The van der Waals surface area contributed by atoms with Crippen LogP contribution >= 0.6 is 0 Å². The second-order valence-corrected chi connectivity index (χ2v) is 7.13. The quantitative estimate of drug-likeness (QED) is 0.623. The standard InChI is InChI=1S/C18H16N4O4S/c1-26-15-8-4-6-13(17(15)23)12-20-22(11-5-10-19)18-14-7-2-3-9-16(14)27(24,25)21-18/h2-4,6-9,12,23H,5,11H2,1H3/b20-12+. The minimum atomic E-state index is -3.81. The largest absolute Gasteiger partial charge is 0.504 e. The van der Waals surface area contributed by atoms with Crippen LogP contribution in [0.4, 0.5) is 0 Å². The molecule has 0 saturated heterocycles. The highest BCUT2D eigenvalue weighted by Gasteiger charge is 2.31. The van der Waals surface area contributed by atoms with Crippen molar-refractivity contribution in [1.82, 2.24) is 5.01 Å². The van der Waals surface area contributed by atoms with Crippen LogP contribution in [0, 0.1) is 11.3 Å². The van der Waals surface area contributed by atoms with E-state index in [-0.39, 0.29) is 35.2 Å². The van der Waals surface area contributed by atoms with Gasteiger partial charge in [0.15, 0.2) is 17.3 Å². The van der Waals surface area contributed by atoms with Crippen molar-refractivity contribution in [1.29, 1.82) is 5.26 Å². The number of rotatable bonds is 5. The van der Waals surface area contributed by atoms with E-state index in [4.69, 9.17) is 10.00 Å². The molecule has 0 radical (unpaired) electrons. The normalized spacial score (nSPS) is 14.4. The molecule has 2 aromatic carbocycles. The number of ether oxygens (including phenoxy) is 1. The predicted octanol–water partition coefficient (Wildman–Crippen LogP) is 2.10. The second-order valence-electron chi connectivity index (χ2n) is 5.56. The van der Waals surface area contributed by atoms with Gasteiger partial charge in [-0.05, 0) is 24.3 Å². The Labute approximate surface area is 156 Å². The number of amidine groups is 1. The van der Waals surface area contributed by atoms with Gasteiger partial charge in [-0.2, -0.15) is 18.8 Å². The third kappa shape index (κ3) is 3.61. The van der Waals surface area contributed by atoms with Crippen molar-refractivity contribution in [3.8, 4) is 17.6 Å². The van der Waals surface area contributed by atoms with Crippen LogP contribution in [0.5, 0.6) is 11.5 Å². The van der Waals surface area contributed by atoms with Gasteiger partial charge in [-0.15, -0.1) is 4.40 Å². The molecule has 0 aliphatic carbocycles. The van der Waals surface area contributed by atoms with E-state index in [0.29, 0.717) is 11.1 Å². The maximum absolute atomic E-state index is 12.3. The average molecular weight is 384 g/mol. The van der Waals surface area contributed by atoms with Crippen LogP contribution in [0.25, 0.3) is 0 Å². The Balaban J connectivity index is 2.01. The fourth-order valence-electron chi connectivity index (χ4n) is 2.59. The molecule has 0 atom stereocenters. The Morgan fingerprint density at radius 2 is 2.07 bits per heavy atom. The molecule has 0 spiro atoms. The van der Waals surface area contributed by atoms with E-state index >= 15 is 0 Å². The smallest absolute Gasteiger partial charge is 0.285 e. The van der Waals surface area contributed by atoms with E-state index in [1.54, 1.807) is 36.4 Å². The maximum Gasteiger partial charge on any atom is 0.285 e. The lowest BCUT2D eigenvalue weighted by Gasteiger charge is -2.17. The van der Waals surface area contributed by atoms with Gasteiger partial charge in [-0.3, -0.25) is 0 Å². The number of nitriles is 1. The number of hydrogen-bond donors (Lipinski definition) is 1. The molecule has 0 saturated carbocycles. The van der Waals surface area contributed by atoms with Crippen molar-refractivity contribution >= 4 is 22.1 Å². The van der Waals surface area contributed by atoms with Crippen molar-refractivity contribution in [2.75, 3.05) is 13.7 Å². The van der Waals surface area contributed by atoms with E-state index in [0.717, 1.165) is 0 Å². The lowest BCUT2D eigenvalue weighted by molar-refractivity contribution is 0.373. The summed E-state index contributed by atoms with van der Waals surface area (Å²) in [4.78, 5) is 0.0985. The summed E-state index contributed by atoms with van der Waals surface area (Å²) in [7, 11) is -2.37. The zero-order valence-corrected chi connectivity index (χ0v) is 15.2. The number of nitrogens with zero attached hydrogens (tertiary/aromatic N) is 4. The molecule has 8 nitrogen and oxygen atoms in total. The number of hydrogen-bond acceptors (Lipinski definition) is 7. The highest BCUT2D eigenvalue weighted by molar-refractivity contribution is 7.90. The van der Waals surface area contributed by atoms with E-state index < -0.39 is 10.0 Å². The number of hydrazone groups is 1. The van der Waals surface area contributed by atoms with Crippen molar-refractivity contribution in [3.05, 3.63) is 53.6 Å². The Morgan fingerprint density at radius 1 is 1.30 bits per heavy atom. The van der Waals surface area contributed by atoms with Gasteiger partial charge in [0.2, 0.25) is 0 Å². The van der Waals surface area contributed by atoms with Crippen molar-refractivity contribution in [3.63, 3.8) is 0 Å². The number of fused-ring (bicyclic) bond motifs is 1. The first-order chi connectivity index (χ1) is 13.0. The second kappa shape index (κ2) is 7.47. The number of benzene rings is 2. The third-order valence-corrected chi connectivity index (χ3v) is 5.20. The number of methoxy groups -OCH3 is 1. The highest BCUT2D eigenvalue weighted by atomic mass is 32.2. The Hall–Kier alpha value is -3.38. The minimum absolute atomic E-state index is 0.0923. The fraction of sp³-hybridized carbons (Fsp3) is 0.167. The zero-order valence-electron chi connectivity index (χ0n) is 14.4. The molecular formula is C18H16N4O4S. The lowest BCUT2D eigenvalue weighted by atomic mass is 10.2. The molecule has 0 unspecified atom stereocenters. The van der Waals surface area contributed by atoms with Gasteiger partial charge in [-0.25, -0.2) is 5.01 Å². The van der Waals surface area contributed by atoms with Gasteiger partial charge in [-0.1, -0.05) is 18.2 Å². The molecule has 0 fully saturated rings. The van der Waals surface area contributed by atoms with Crippen LogP contribution in [-0.4, -0.2) is 44.2 Å². The van der Waals surface area contributed by atoms with Gasteiger partial charge in [0, 0.05) is 11.1 Å². The number of sulfonamides is 1. The summed E-state index contributed by atoms with van der Waals surface area (Å²) >= 11 is 0. The van der Waals surface area contributed by atoms with E-state index in [9.17, 15) is 13.5 Å². The number of phenols is 1. The molecule has 1 aliphatic rings. The summed E-state index contributed by atoms with van der Waals surface area (Å²) in [6, 6.07) is 13.4. The Bertz CT molecular complexity index is 1070. The molecule has 138 valence electrons. The van der Waals surface area contributed by atoms with Crippen LogP contribution in [0.3, 0.4) is 0 Å².